The summed E-state index contributed by atoms with van der Waals surface area (Å²) in [5.74, 6) is 0.131. The molecule has 3 N–H and O–H groups in total. The number of nitrogens with zero attached hydrogens (tertiary/aromatic N) is 1. The molecule has 0 saturated carbocycles. The Kier molecular flexibility index (Phi) is 3.85. The molecule has 0 aliphatic rings. The molecule has 6 nitrogen and oxygen atoms in total. The van der Waals surface area contributed by atoms with Crippen molar-refractivity contribution in [3.63, 3.8) is 0 Å². The van der Waals surface area contributed by atoms with Crippen LogP contribution in [-0.2, 0) is 10.0 Å². The molecule has 1 aromatic carbocycles. The van der Waals surface area contributed by atoms with Crippen molar-refractivity contribution in [2.45, 2.75) is 4.90 Å². The average Bonchev–Trinajstić information content (AvgIpc) is 2.40. The highest BCUT2D eigenvalue weighted by Gasteiger charge is 2.19. The first-order valence-corrected chi connectivity index (χ1v) is 7.30. The van der Waals surface area contributed by atoms with Crippen LogP contribution in [0.4, 0.5) is 0 Å². The van der Waals surface area contributed by atoms with E-state index in [4.69, 9.17) is 21.5 Å². The fraction of sp³-hybridized carbons (Fsp3) is 0.0833. The van der Waals surface area contributed by atoms with Crippen LogP contribution < -0.4 is 9.88 Å². The molecule has 0 fully saturated rings. The van der Waals surface area contributed by atoms with Gasteiger partial charge in [0.1, 0.15) is 16.5 Å². The van der Waals surface area contributed by atoms with E-state index in [9.17, 15) is 13.5 Å². The second kappa shape index (κ2) is 5.28. The van der Waals surface area contributed by atoms with Gasteiger partial charge in [-0.1, -0.05) is 11.6 Å². The van der Waals surface area contributed by atoms with Crippen LogP contribution in [0.3, 0.4) is 0 Å². The number of primary sulfonamides is 1. The summed E-state index contributed by atoms with van der Waals surface area (Å²) in [4.78, 5) is 3.68. The number of sulfonamides is 1. The Morgan fingerprint density at radius 3 is 2.60 bits per heavy atom. The van der Waals surface area contributed by atoms with Gasteiger partial charge in [-0.25, -0.2) is 13.6 Å². The summed E-state index contributed by atoms with van der Waals surface area (Å²) in [6.45, 7) is 0. The van der Waals surface area contributed by atoms with E-state index < -0.39 is 10.0 Å². The lowest BCUT2D eigenvalue weighted by Crippen LogP contribution is -2.13. The van der Waals surface area contributed by atoms with Gasteiger partial charge in [0.15, 0.2) is 0 Å². The highest BCUT2D eigenvalue weighted by molar-refractivity contribution is 7.89. The lowest BCUT2D eigenvalue weighted by Gasteiger charge is -2.11. The third-order valence-electron chi connectivity index (χ3n) is 2.66. The zero-order chi connectivity index (χ0) is 14.9. The predicted octanol–water partition coefficient (Wildman–Crippen LogP) is 1.76. The molecule has 0 aliphatic carbocycles. The van der Waals surface area contributed by atoms with Crippen molar-refractivity contribution in [1.29, 1.82) is 0 Å². The van der Waals surface area contributed by atoms with Crippen LogP contribution in [0.2, 0.25) is 5.02 Å². The van der Waals surface area contributed by atoms with E-state index in [1.807, 2.05) is 0 Å². The van der Waals surface area contributed by atoms with Crippen LogP contribution in [0, 0.1) is 0 Å². The molecule has 1 heterocycles. The quantitative estimate of drug-likeness (QED) is 0.898. The average molecular weight is 315 g/mol. The summed E-state index contributed by atoms with van der Waals surface area (Å²) in [6, 6.07) is 4.19. The Bertz CT molecular complexity index is 762. The lowest BCUT2D eigenvalue weighted by molar-refractivity contribution is 0.414. The minimum atomic E-state index is -3.97. The normalized spacial score (nSPS) is 11.3. The first kappa shape index (κ1) is 14.6. The number of nitrogens with two attached hydrogens (primary N) is 1. The molecular formula is C12H11ClN2O4S. The van der Waals surface area contributed by atoms with Crippen molar-refractivity contribution in [3.05, 3.63) is 35.6 Å². The van der Waals surface area contributed by atoms with Crippen molar-refractivity contribution in [1.82, 2.24) is 4.98 Å². The summed E-state index contributed by atoms with van der Waals surface area (Å²) in [5, 5.41) is 15.1. The Morgan fingerprint density at radius 2 is 2.00 bits per heavy atom. The summed E-state index contributed by atoms with van der Waals surface area (Å²) in [5.41, 5.74) is 0.319. The molecule has 2 aromatic rings. The summed E-state index contributed by atoms with van der Waals surface area (Å²) < 4.78 is 28.3. The summed E-state index contributed by atoms with van der Waals surface area (Å²) in [6.07, 6.45) is 2.54. The van der Waals surface area contributed by atoms with Crippen molar-refractivity contribution in [2.24, 2.45) is 5.14 Å². The van der Waals surface area contributed by atoms with E-state index in [0.29, 0.717) is 5.75 Å². The highest BCUT2D eigenvalue weighted by atomic mass is 35.5. The minimum absolute atomic E-state index is 0.00527. The van der Waals surface area contributed by atoms with E-state index in [1.54, 1.807) is 0 Å². The van der Waals surface area contributed by atoms with Crippen LogP contribution in [0.5, 0.6) is 11.5 Å². The van der Waals surface area contributed by atoms with Gasteiger partial charge in [0.2, 0.25) is 10.0 Å². The van der Waals surface area contributed by atoms with Crippen molar-refractivity contribution < 1.29 is 18.3 Å². The molecule has 8 heteroatoms. The van der Waals surface area contributed by atoms with E-state index in [-0.39, 0.29) is 26.8 Å². The Morgan fingerprint density at radius 1 is 1.30 bits per heavy atom. The number of benzene rings is 1. The van der Waals surface area contributed by atoms with Gasteiger partial charge in [0, 0.05) is 23.5 Å². The SMILES string of the molecule is COc1ccc(S(N)(=O)=O)c(-c2cncc(Cl)c2O)c1. The largest absolute Gasteiger partial charge is 0.506 e. The summed E-state index contributed by atoms with van der Waals surface area (Å²) in [7, 11) is -2.54. The fourth-order valence-corrected chi connectivity index (χ4v) is 2.61. The summed E-state index contributed by atoms with van der Waals surface area (Å²) >= 11 is 5.78. The van der Waals surface area contributed by atoms with Gasteiger partial charge in [-0.15, -0.1) is 0 Å². The standard InChI is InChI=1S/C12H11ClN2O4S/c1-19-7-2-3-11(20(14,17)18)8(4-7)9-5-15-6-10(13)12(9)16/h2-6H,1H3,(H,15,16)(H2,14,17,18). The number of halogens is 1. The molecule has 106 valence electrons. The number of pyridine rings is 1. The van der Waals surface area contributed by atoms with E-state index in [0.717, 1.165) is 0 Å². The van der Waals surface area contributed by atoms with Crippen molar-refractivity contribution in [3.8, 4) is 22.6 Å². The van der Waals surface area contributed by atoms with Gasteiger partial charge in [-0.2, -0.15) is 0 Å². The minimum Gasteiger partial charge on any atom is -0.506 e. The molecular weight excluding hydrogens is 304 g/mol. The van der Waals surface area contributed by atoms with Gasteiger partial charge >= 0.3 is 0 Å². The number of hydrogen-bond donors (Lipinski definition) is 2. The second-order valence-electron chi connectivity index (χ2n) is 3.92. The smallest absolute Gasteiger partial charge is 0.238 e. The molecule has 0 spiro atoms. The molecule has 0 unspecified atom stereocenters. The Hall–Kier alpha value is -1.83. The van der Waals surface area contributed by atoms with Crippen molar-refractivity contribution in [2.75, 3.05) is 7.11 Å². The molecule has 0 radical (unpaired) electrons. The predicted molar refractivity (Wildman–Crippen MR) is 74.3 cm³/mol. The number of hydrogen-bond acceptors (Lipinski definition) is 5. The number of aromatic hydroxyl groups is 1. The zero-order valence-corrected chi connectivity index (χ0v) is 11.9. The molecule has 20 heavy (non-hydrogen) atoms. The molecule has 0 saturated heterocycles. The molecule has 1 aromatic heterocycles. The van der Waals surface area contributed by atoms with Crippen LogP contribution in [0.25, 0.3) is 11.1 Å². The van der Waals surface area contributed by atoms with Gasteiger partial charge in [-0.05, 0) is 18.2 Å². The Balaban J connectivity index is 2.80. The van der Waals surface area contributed by atoms with Gasteiger partial charge < -0.3 is 9.84 Å². The van der Waals surface area contributed by atoms with E-state index >= 15 is 0 Å². The van der Waals surface area contributed by atoms with Crippen LogP contribution in [0.1, 0.15) is 0 Å². The maximum absolute atomic E-state index is 11.6. The highest BCUT2D eigenvalue weighted by Crippen LogP contribution is 2.38. The van der Waals surface area contributed by atoms with E-state index in [2.05, 4.69) is 4.98 Å². The monoisotopic (exact) mass is 314 g/mol. The van der Waals surface area contributed by atoms with Gasteiger partial charge in [-0.3, -0.25) is 4.98 Å². The zero-order valence-electron chi connectivity index (χ0n) is 10.4. The third kappa shape index (κ3) is 2.69. The molecule has 0 amide bonds. The van der Waals surface area contributed by atoms with Crippen molar-refractivity contribution >= 4 is 21.6 Å². The number of methoxy groups -OCH3 is 1. The van der Waals surface area contributed by atoms with Crippen LogP contribution >= 0.6 is 11.6 Å². The van der Waals surface area contributed by atoms with Crippen LogP contribution in [0.15, 0.2) is 35.5 Å². The fourth-order valence-electron chi connectivity index (χ4n) is 1.72. The van der Waals surface area contributed by atoms with E-state index in [1.165, 1.54) is 37.7 Å². The molecule has 0 aliphatic heterocycles. The second-order valence-corrected chi connectivity index (χ2v) is 5.86. The van der Waals surface area contributed by atoms with Gasteiger partial charge in [0.25, 0.3) is 0 Å². The molecule has 2 rings (SSSR count). The van der Waals surface area contributed by atoms with Gasteiger partial charge in [0.05, 0.1) is 12.0 Å². The third-order valence-corrected chi connectivity index (χ3v) is 3.90. The lowest BCUT2D eigenvalue weighted by atomic mass is 10.1. The topological polar surface area (TPSA) is 103 Å². The van der Waals surface area contributed by atoms with Crippen LogP contribution in [-0.4, -0.2) is 25.6 Å². The number of aromatic nitrogens is 1. The Labute approximate surface area is 120 Å². The maximum atomic E-state index is 11.6. The first-order valence-electron chi connectivity index (χ1n) is 5.38. The first-order chi connectivity index (χ1) is 9.34. The number of rotatable bonds is 3. The molecule has 0 bridgehead atoms. The molecule has 0 atom stereocenters. The number of ether oxygens (including phenoxy) is 1. The maximum Gasteiger partial charge on any atom is 0.238 e.